The fourth-order valence-electron chi connectivity index (χ4n) is 1.80. The summed E-state index contributed by atoms with van der Waals surface area (Å²) in [6.07, 6.45) is 3.38. The van der Waals surface area contributed by atoms with Gasteiger partial charge in [0.1, 0.15) is 5.75 Å². The maximum atomic E-state index is 5.68. The first-order chi connectivity index (χ1) is 8.84. The normalized spacial score (nSPS) is 10.3. The van der Waals surface area contributed by atoms with Gasteiger partial charge in [0.15, 0.2) is 0 Å². The smallest absolute Gasteiger partial charge is 0.119 e. The van der Waals surface area contributed by atoms with E-state index in [1.54, 1.807) is 0 Å². The van der Waals surface area contributed by atoms with Crippen molar-refractivity contribution in [3.05, 3.63) is 64.6 Å². The largest absolute Gasteiger partial charge is 0.494 e. The van der Waals surface area contributed by atoms with Crippen LogP contribution < -0.4 is 4.74 Å². The Labute approximate surface area is 117 Å². The third-order valence-electron chi connectivity index (χ3n) is 2.78. The van der Waals surface area contributed by atoms with Crippen LogP contribution in [0, 0.1) is 0 Å². The van der Waals surface area contributed by atoms with Gasteiger partial charge in [0.25, 0.3) is 0 Å². The average molecular weight is 305 g/mol. The quantitative estimate of drug-likeness (QED) is 0.693. The van der Waals surface area contributed by atoms with Crippen molar-refractivity contribution in [2.24, 2.45) is 0 Å². The average Bonchev–Trinajstić information content (AvgIpc) is 2.42. The van der Waals surface area contributed by atoms with Crippen molar-refractivity contribution in [3.63, 3.8) is 0 Å². The van der Waals surface area contributed by atoms with Crippen molar-refractivity contribution in [1.29, 1.82) is 0 Å². The van der Waals surface area contributed by atoms with E-state index in [0.717, 1.165) is 29.7 Å². The van der Waals surface area contributed by atoms with Crippen molar-refractivity contribution in [1.82, 2.24) is 0 Å². The SMILES string of the molecule is Brc1ccc(OCCCCc2ccccc2)cc1. The van der Waals surface area contributed by atoms with Crippen LogP contribution in [-0.4, -0.2) is 6.61 Å². The number of rotatable bonds is 6. The van der Waals surface area contributed by atoms with Gasteiger partial charge >= 0.3 is 0 Å². The Morgan fingerprint density at radius 1 is 0.833 bits per heavy atom. The van der Waals surface area contributed by atoms with E-state index in [2.05, 4.69) is 46.3 Å². The van der Waals surface area contributed by atoms with Crippen molar-refractivity contribution in [2.45, 2.75) is 19.3 Å². The zero-order chi connectivity index (χ0) is 12.6. The molecule has 94 valence electrons. The molecule has 0 bridgehead atoms. The van der Waals surface area contributed by atoms with Gasteiger partial charge in [-0.3, -0.25) is 0 Å². The minimum atomic E-state index is 0.786. The molecular weight excluding hydrogens is 288 g/mol. The van der Waals surface area contributed by atoms with Crippen LogP contribution in [0.3, 0.4) is 0 Å². The molecular formula is C16H17BrO. The highest BCUT2D eigenvalue weighted by Gasteiger charge is 1.95. The minimum absolute atomic E-state index is 0.786. The summed E-state index contributed by atoms with van der Waals surface area (Å²) in [5, 5.41) is 0. The van der Waals surface area contributed by atoms with E-state index in [1.165, 1.54) is 12.0 Å². The lowest BCUT2D eigenvalue weighted by molar-refractivity contribution is 0.307. The first kappa shape index (κ1) is 13.2. The van der Waals surface area contributed by atoms with Crippen LogP contribution in [0.1, 0.15) is 18.4 Å². The van der Waals surface area contributed by atoms with E-state index in [4.69, 9.17) is 4.74 Å². The Morgan fingerprint density at radius 3 is 2.28 bits per heavy atom. The second-order valence-corrected chi connectivity index (χ2v) is 5.16. The molecule has 0 aliphatic heterocycles. The molecule has 2 aromatic rings. The van der Waals surface area contributed by atoms with E-state index >= 15 is 0 Å². The van der Waals surface area contributed by atoms with Gasteiger partial charge in [-0.05, 0) is 49.1 Å². The molecule has 0 aliphatic carbocycles. The molecule has 2 rings (SSSR count). The maximum Gasteiger partial charge on any atom is 0.119 e. The van der Waals surface area contributed by atoms with E-state index in [9.17, 15) is 0 Å². The predicted octanol–water partition coefficient (Wildman–Crippen LogP) is 4.85. The van der Waals surface area contributed by atoms with Crippen LogP contribution in [0.2, 0.25) is 0 Å². The number of halogens is 1. The molecule has 0 atom stereocenters. The van der Waals surface area contributed by atoms with Crippen LogP contribution in [-0.2, 0) is 6.42 Å². The van der Waals surface area contributed by atoms with E-state index in [0.29, 0.717) is 0 Å². The highest BCUT2D eigenvalue weighted by Crippen LogP contribution is 2.16. The summed E-state index contributed by atoms with van der Waals surface area (Å²) >= 11 is 3.41. The molecule has 0 aliphatic rings. The lowest BCUT2D eigenvalue weighted by atomic mass is 10.1. The number of hydrogen-bond donors (Lipinski definition) is 0. The fourth-order valence-corrected chi connectivity index (χ4v) is 2.06. The summed E-state index contributed by atoms with van der Waals surface area (Å²) in [7, 11) is 0. The topological polar surface area (TPSA) is 9.23 Å². The lowest BCUT2D eigenvalue weighted by Crippen LogP contribution is -1.98. The highest BCUT2D eigenvalue weighted by molar-refractivity contribution is 9.10. The number of benzene rings is 2. The zero-order valence-corrected chi connectivity index (χ0v) is 11.9. The van der Waals surface area contributed by atoms with Gasteiger partial charge in [-0.1, -0.05) is 46.3 Å². The van der Waals surface area contributed by atoms with E-state index < -0.39 is 0 Å². The molecule has 0 saturated carbocycles. The van der Waals surface area contributed by atoms with E-state index in [1.807, 2.05) is 24.3 Å². The van der Waals surface area contributed by atoms with Gasteiger partial charge < -0.3 is 4.74 Å². The van der Waals surface area contributed by atoms with Crippen molar-refractivity contribution < 1.29 is 4.74 Å². The van der Waals surface area contributed by atoms with E-state index in [-0.39, 0.29) is 0 Å². The summed E-state index contributed by atoms with van der Waals surface area (Å²) < 4.78 is 6.76. The Hall–Kier alpha value is -1.28. The van der Waals surface area contributed by atoms with Crippen LogP contribution in [0.25, 0.3) is 0 Å². The van der Waals surface area contributed by atoms with Crippen LogP contribution in [0.4, 0.5) is 0 Å². The molecule has 2 heteroatoms. The summed E-state index contributed by atoms with van der Waals surface area (Å²) in [4.78, 5) is 0. The van der Waals surface area contributed by atoms with Crippen LogP contribution in [0.15, 0.2) is 59.1 Å². The second kappa shape index (κ2) is 7.22. The molecule has 0 amide bonds. The van der Waals surface area contributed by atoms with Crippen molar-refractivity contribution >= 4 is 15.9 Å². The molecule has 0 fully saturated rings. The van der Waals surface area contributed by atoms with Gasteiger partial charge in [-0.25, -0.2) is 0 Å². The van der Waals surface area contributed by atoms with Crippen LogP contribution >= 0.6 is 15.9 Å². The van der Waals surface area contributed by atoms with Gasteiger partial charge in [0, 0.05) is 4.47 Å². The summed E-state index contributed by atoms with van der Waals surface area (Å²) in [5.41, 5.74) is 1.40. The zero-order valence-electron chi connectivity index (χ0n) is 10.3. The van der Waals surface area contributed by atoms with Gasteiger partial charge in [-0.2, -0.15) is 0 Å². The first-order valence-electron chi connectivity index (χ1n) is 6.27. The predicted molar refractivity (Wildman–Crippen MR) is 79.0 cm³/mol. The molecule has 0 aromatic heterocycles. The van der Waals surface area contributed by atoms with Crippen molar-refractivity contribution in [2.75, 3.05) is 6.61 Å². The molecule has 0 heterocycles. The second-order valence-electron chi connectivity index (χ2n) is 4.25. The third kappa shape index (κ3) is 4.53. The number of hydrogen-bond acceptors (Lipinski definition) is 1. The highest BCUT2D eigenvalue weighted by atomic mass is 79.9. The molecule has 0 N–H and O–H groups in total. The monoisotopic (exact) mass is 304 g/mol. The van der Waals surface area contributed by atoms with Gasteiger partial charge in [0.05, 0.1) is 6.61 Å². The van der Waals surface area contributed by atoms with Crippen molar-refractivity contribution in [3.8, 4) is 5.75 Å². The molecule has 0 unspecified atom stereocenters. The first-order valence-corrected chi connectivity index (χ1v) is 7.06. The molecule has 18 heavy (non-hydrogen) atoms. The summed E-state index contributed by atoms with van der Waals surface area (Å²) in [5.74, 6) is 0.943. The number of ether oxygens (including phenoxy) is 1. The minimum Gasteiger partial charge on any atom is -0.494 e. The third-order valence-corrected chi connectivity index (χ3v) is 3.31. The fraction of sp³-hybridized carbons (Fsp3) is 0.250. The van der Waals surface area contributed by atoms with Crippen LogP contribution in [0.5, 0.6) is 5.75 Å². The molecule has 0 saturated heterocycles. The Kier molecular flexibility index (Phi) is 5.28. The maximum absolute atomic E-state index is 5.68. The Morgan fingerprint density at radius 2 is 1.56 bits per heavy atom. The number of aryl methyl sites for hydroxylation is 1. The molecule has 0 radical (unpaired) electrons. The number of unbranched alkanes of at least 4 members (excludes halogenated alkanes) is 1. The summed E-state index contributed by atoms with van der Waals surface area (Å²) in [6.45, 7) is 0.786. The van der Waals surface area contributed by atoms with Gasteiger partial charge in [0.2, 0.25) is 0 Å². The summed E-state index contributed by atoms with van der Waals surface area (Å²) in [6, 6.07) is 18.6. The lowest BCUT2D eigenvalue weighted by Gasteiger charge is -2.06. The van der Waals surface area contributed by atoms with Gasteiger partial charge in [-0.15, -0.1) is 0 Å². The Balaban J connectivity index is 1.63. The Bertz CT molecular complexity index is 450. The standard InChI is InChI=1S/C16H17BrO/c17-15-9-11-16(12-10-15)18-13-5-4-8-14-6-2-1-3-7-14/h1-3,6-7,9-12H,4-5,8,13H2. The molecule has 2 aromatic carbocycles. The molecule has 1 nitrogen and oxygen atoms in total. The molecule has 0 spiro atoms.